The third-order valence-corrected chi connectivity index (χ3v) is 4.36. The summed E-state index contributed by atoms with van der Waals surface area (Å²) in [6, 6.07) is 3.48. The summed E-state index contributed by atoms with van der Waals surface area (Å²) in [4.78, 5) is 16.5. The van der Waals surface area contributed by atoms with E-state index < -0.39 is 0 Å². The first-order valence-electron chi connectivity index (χ1n) is 7.54. The summed E-state index contributed by atoms with van der Waals surface area (Å²) in [5.74, 6) is 5.15. The van der Waals surface area contributed by atoms with Crippen LogP contribution in [0.4, 0.5) is 0 Å². The average Bonchev–Trinajstić information content (AvgIpc) is 3.00. The van der Waals surface area contributed by atoms with Gasteiger partial charge in [0.1, 0.15) is 12.3 Å². The molecular formula is C17H22N2O2. The van der Waals surface area contributed by atoms with E-state index in [-0.39, 0.29) is 17.9 Å². The number of aliphatic hydroxyl groups excluding tert-OH is 1. The number of hydrogen-bond donors (Lipinski definition) is 2. The van der Waals surface area contributed by atoms with Gasteiger partial charge in [0.15, 0.2) is 0 Å². The highest BCUT2D eigenvalue weighted by atomic mass is 16.2. The van der Waals surface area contributed by atoms with E-state index in [4.69, 9.17) is 5.11 Å². The van der Waals surface area contributed by atoms with Crippen LogP contribution in [0.1, 0.15) is 55.1 Å². The molecule has 0 radical (unpaired) electrons. The Kier molecular flexibility index (Phi) is 5.35. The quantitative estimate of drug-likeness (QED) is 0.833. The zero-order chi connectivity index (χ0) is 15.1. The first-order chi connectivity index (χ1) is 10.2. The van der Waals surface area contributed by atoms with Crippen LogP contribution in [0, 0.1) is 17.3 Å². The Morgan fingerprint density at radius 1 is 1.48 bits per heavy atom. The van der Waals surface area contributed by atoms with Crippen LogP contribution in [0.5, 0.6) is 0 Å². The van der Waals surface area contributed by atoms with Gasteiger partial charge >= 0.3 is 0 Å². The van der Waals surface area contributed by atoms with E-state index in [0.717, 1.165) is 6.42 Å². The van der Waals surface area contributed by atoms with Gasteiger partial charge < -0.3 is 10.4 Å². The average molecular weight is 286 g/mol. The molecule has 1 aliphatic rings. The summed E-state index contributed by atoms with van der Waals surface area (Å²) in [5, 5.41) is 11.8. The molecule has 1 heterocycles. The molecule has 0 aliphatic heterocycles. The van der Waals surface area contributed by atoms with Gasteiger partial charge in [0.25, 0.3) is 5.91 Å². The molecule has 4 nitrogen and oxygen atoms in total. The summed E-state index contributed by atoms with van der Waals surface area (Å²) in [7, 11) is 0. The number of pyridine rings is 1. The van der Waals surface area contributed by atoms with Crippen LogP contribution in [-0.4, -0.2) is 29.1 Å². The van der Waals surface area contributed by atoms with Crippen molar-refractivity contribution < 1.29 is 9.90 Å². The minimum atomic E-state index is -0.227. The standard InChI is InChI=1S/C17H22N2O2/c1-2-17(9-3-4-10-17)13-19-16(21)15-14(8-6-12-20)7-5-11-18-15/h5,7,11,20H,2-4,9-10,12-13H2,1H3,(H,19,21). The Morgan fingerprint density at radius 3 is 2.90 bits per heavy atom. The van der Waals surface area contributed by atoms with Crippen molar-refractivity contribution in [2.45, 2.75) is 39.0 Å². The fraction of sp³-hybridized carbons (Fsp3) is 0.529. The van der Waals surface area contributed by atoms with Crippen LogP contribution in [0.25, 0.3) is 0 Å². The minimum Gasteiger partial charge on any atom is -0.384 e. The van der Waals surface area contributed by atoms with Crippen LogP contribution in [0.15, 0.2) is 18.3 Å². The highest BCUT2D eigenvalue weighted by Gasteiger charge is 2.32. The van der Waals surface area contributed by atoms with Crippen molar-refractivity contribution in [3.8, 4) is 11.8 Å². The zero-order valence-electron chi connectivity index (χ0n) is 12.5. The van der Waals surface area contributed by atoms with Crippen LogP contribution in [0.3, 0.4) is 0 Å². The second kappa shape index (κ2) is 7.24. The molecule has 1 aromatic rings. The third-order valence-electron chi connectivity index (χ3n) is 4.36. The number of nitrogens with zero attached hydrogens (tertiary/aromatic N) is 1. The lowest BCUT2D eigenvalue weighted by atomic mass is 9.83. The highest BCUT2D eigenvalue weighted by Crippen LogP contribution is 2.40. The van der Waals surface area contributed by atoms with Gasteiger partial charge in [-0.05, 0) is 36.8 Å². The molecule has 1 aromatic heterocycles. The van der Waals surface area contributed by atoms with E-state index in [1.54, 1.807) is 18.3 Å². The topological polar surface area (TPSA) is 62.2 Å². The Bertz CT molecular complexity index is 551. The predicted molar refractivity (Wildman–Crippen MR) is 81.7 cm³/mol. The van der Waals surface area contributed by atoms with Gasteiger partial charge in [-0.3, -0.25) is 4.79 Å². The van der Waals surface area contributed by atoms with Gasteiger partial charge in [-0.15, -0.1) is 0 Å². The molecule has 0 atom stereocenters. The van der Waals surface area contributed by atoms with Gasteiger partial charge in [-0.1, -0.05) is 31.6 Å². The first kappa shape index (κ1) is 15.5. The molecule has 0 bridgehead atoms. The number of rotatable bonds is 4. The van der Waals surface area contributed by atoms with E-state index in [2.05, 4.69) is 29.1 Å². The maximum atomic E-state index is 12.3. The molecule has 4 heteroatoms. The number of aromatic nitrogens is 1. The molecule has 1 fully saturated rings. The van der Waals surface area contributed by atoms with Crippen molar-refractivity contribution in [3.05, 3.63) is 29.6 Å². The van der Waals surface area contributed by atoms with E-state index in [0.29, 0.717) is 17.8 Å². The second-order valence-corrected chi connectivity index (χ2v) is 5.60. The second-order valence-electron chi connectivity index (χ2n) is 5.60. The monoisotopic (exact) mass is 286 g/mol. The summed E-state index contributed by atoms with van der Waals surface area (Å²) in [6.45, 7) is 2.66. The third kappa shape index (κ3) is 3.83. The van der Waals surface area contributed by atoms with Gasteiger partial charge in [-0.25, -0.2) is 4.98 Å². The summed E-state index contributed by atoms with van der Waals surface area (Å²) in [6.07, 6.45) is 7.55. The lowest BCUT2D eigenvalue weighted by Gasteiger charge is -2.27. The molecule has 0 aromatic carbocycles. The number of aliphatic hydroxyl groups is 1. The van der Waals surface area contributed by atoms with Gasteiger partial charge in [0.05, 0.1) is 5.56 Å². The molecule has 0 spiro atoms. The molecule has 1 aliphatic carbocycles. The van der Waals surface area contributed by atoms with Crippen LogP contribution in [-0.2, 0) is 0 Å². The number of carbonyl (C=O) groups is 1. The molecule has 0 saturated heterocycles. The number of nitrogens with one attached hydrogen (secondary N) is 1. The molecular weight excluding hydrogens is 264 g/mol. The van der Waals surface area contributed by atoms with Crippen molar-refractivity contribution in [2.24, 2.45) is 5.41 Å². The molecule has 1 amide bonds. The van der Waals surface area contributed by atoms with Crippen molar-refractivity contribution >= 4 is 5.91 Å². The van der Waals surface area contributed by atoms with E-state index >= 15 is 0 Å². The summed E-state index contributed by atoms with van der Waals surface area (Å²) >= 11 is 0. The molecule has 0 unspecified atom stereocenters. The van der Waals surface area contributed by atoms with Gasteiger partial charge in [0.2, 0.25) is 0 Å². The molecule has 112 valence electrons. The van der Waals surface area contributed by atoms with Gasteiger partial charge in [0, 0.05) is 12.7 Å². The van der Waals surface area contributed by atoms with E-state index in [9.17, 15) is 4.79 Å². The lowest BCUT2D eigenvalue weighted by Crippen LogP contribution is -2.36. The maximum absolute atomic E-state index is 12.3. The predicted octanol–water partition coefficient (Wildman–Crippen LogP) is 2.13. The number of carbonyl (C=O) groups excluding carboxylic acids is 1. The Hall–Kier alpha value is -1.86. The Balaban J connectivity index is 2.07. The largest absolute Gasteiger partial charge is 0.384 e. The zero-order valence-corrected chi connectivity index (χ0v) is 12.5. The van der Waals surface area contributed by atoms with Crippen molar-refractivity contribution in [1.29, 1.82) is 0 Å². The summed E-state index contributed by atoms with van der Waals surface area (Å²) in [5.41, 5.74) is 1.14. The first-order valence-corrected chi connectivity index (χ1v) is 7.54. The SMILES string of the molecule is CCC1(CNC(=O)c2ncccc2C#CCO)CCCC1. The van der Waals surface area contributed by atoms with Crippen LogP contribution in [0.2, 0.25) is 0 Å². The lowest BCUT2D eigenvalue weighted by molar-refractivity contribution is 0.0923. The van der Waals surface area contributed by atoms with Gasteiger partial charge in [-0.2, -0.15) is 0 Å². The Morgan fingerprint density at radius 2 is 2.24 bits per heavy atom. The van der Waals surface area contributed by atoms with Crippen LogP contribution < -0.4 is 5.32 Å². The van der Waals surface area contributed by atoms with Crippen molar-refractivity contribution in [1.82, 2.24) is 10.3 Å². The number of hydrogen-bond acceptors (Lipinski definition) is 3. The normalized spacial score (nSPS) is 16.1. The molecule has 2 rings (SSSR count). The van der Waals surface area contributed by atoms with E-state index in [1.165, 1.54) is 25.7 Å². The van der Waals surface area contributed by atoms with Crippen molar-refractivity contribution in [2.75, 3.05) is 13.2 Å². The smallest absolute Gasteiger partial charge is 0.271 e. The fourth-order valence-electron chi connectivity index (χ4n) is 2.95. The molecule has 1 saturated carbocycles. The van der Waals surface area contributed by atoms with E-state index in [1.807, 2.05) is 0 Å². The molecule has 21 heavy (non-hydrogen) atoms. The van der Waals surface area contributed by atoms with Crippen LogP contribution >= 0.6 is 0 Å². The van der Waals surface area contributed by atoms with Crippen molar-refractivity contribution in [3.63, 3.8) is 0 Å². The number of amides is 1. The maximum Gasteiger partial charge on any atom is 0.271 e. The minimum absolute atomic E-state index is 0.183. The summed E-state index contributed by atoms with van der Waals surface area (Å²) < 4.78 is 0. The Labute approximate surface area is 126 Å². The fourth-order valence-corrected chi connectivity index (χ4v) is 2.95. The molecule has 2 N–H and O–H groups in total. The highest BCUT2D eigenvalue weighted by molar-refractivity contribution is 5.94.